The van der Waals surface area contributed by atoms with Crippen LogP contribution in [-0.4, -0.2) is 6.54 Å². The van der Waals surface area contributed by atoms with Crippen molar-refractivity contribution in [1.82, 2.24) is 5.32 Å². The molecular formula is C22H21BrClF2NO. The molecule has 0 bridgehead atoms. The summed E-state index contributed by atoms with van der Waals surface area (Å²) >= 11 is 3.49. The standard InChI is InChI=1S/C22H20BrF2NO.ClH/c23-19-5-10-22(27-15-17-3-8-21(25)9-4-17)18(13-19)14-26-12-11-16-1-6-20(24)7-2-16;/h1-10,13,26H,11-12,14-15H2;1H. The predicted molar refractivity (Wildman–Crippen MR) is 114 cm³/mol. The highest BCUT2D eigenvalue weighted by molar-refractivity contribution is 9.10. The number of ether oxygens (including phenoxy) is 1. The highest BCUT2D eigenvalue weighted by atomic mass is 79.9. The zero-order valence-corrected chi connectivity index (χ0v) is 17.5. The first kappa shape index (κ1) is 22.3. The van der Waals surface area contributed by atoms with Gasteiger partial charge in [0.1, 0.15) is 24.0 Å². The molecule has 0 unspecified atom stereocenters. The molecule has 0 saturated carbocycles. The summed E-state index contributed by atoms with van der Waals surface area (Å²) in [4.78, 5) is 0. The first-order valence-electron chi connectivity index (χ1n) is 8.71. The van der Waals surface area contributed by atoms with E-state index < -0.39 is 0 Å². The van der Waals surface area contributed by atoms with Crippen molar-refractivity contribution in [1.29, 1.82) is 0 Å². The van der Waals surface area contributed by atoms with Gasteiger partial charge in [-0.05, 0) is 66.6 Å². The first-order chi connectivity index (χ1) is 13.1. The number of hydrogen-bond acceptors (Lipinski definition) is 2. The first-order valence-corrected chi connectivity index (χ1v) is 9.50. The van der Waals surface area contributed by atoms with Crippen LogP contribution in [0.5, 0.6) is 5.75 Å². The lowest BCUT2D eigenvalue weighted by molar-refractivity contribution is 0.302. The van der Waals surface area contributed by atoms with Gasteiger partial charge in [0.2, 0.25) is 0 Å². The van der Waals surface area contributed by atoms with Crippen LogP contribution in [0, 0.1) is 11.6 Å². The van der Waals surface area contributed by atoms with Gasteiger partial charge in [0.15, 0.2) is 0 Å². The van der Waals surface area contributed by atoms with Crippen LogP contribution in [-0.2, 0) is 19.6 Å². The Morgan fingerprint density at radius 1 is 0.821 bits per heavy atom. The van der Waals surface area contributed by atoms with Gasteiger partial charge in [0.05, 0.1) is 0 Å². The van der Waals surface area contributed by atoms with Crippen LogP contribution in [0.15, 0.2) is 71.2 Å². The van der Waals surface area contributed by atoms with E-state index in [4.69, 9.17) is 4.74 Å². The van der Waals surface area contributed by atoms with Crippen molar-refractivity contribution in [3.63, 3.8) is 0 Å². The van der Waals surface area contributed by atoms with E-state index in [-0.39, 0.29) is 24.0 Å². The van der Waals surface area contributed by atoms with Gasteiger partial charge >= 0.3 is 0 Å². The van der Waals surface area contributed by atoms with Gasteiger partial charge < -0.3 is 10.1 Å². The summed E-state index contributed by atoms with van der Waals surface area (Å²) in [5.74, 6) is 0.314. The normalized spacial score (nSPS) is 10.4. The van der Waals surface area contributed by atoms with E-state index in [9.17, 15) is 8.78 Å². The second-order valence-electron chi connectivity index (χ2n) is 6.22. The van der Waals surface area contributed by atoms with Crippen molar-refractivity contribution in [2.45, 2.75) is 19.6 Å². The maximum atomic E-state index is 13.0. The molecule has 0 amide bonds. The lowest BCUT2D eigenvalue weighted by Gasteiger charge is -2.13. The van der Waals surface area contributed by atoms with Crippen LogP contribution in [0.3, 0.4) is 0 Å². The summed E-state index contributed by atoms with van der Waals surface area (Å²) in [5, 5.41) is 3.39. The Balaban J connectivity index is 0.00000280. The van der Waals surface area contributed by atoms with Crippen LogP contribution in [0.2, 0.25) is 0 Å². The Bertz CT molecular complexity index is 873. The molecule has 0 aliphatic rings. The third-order valence-corrected chi connectivity index (χ3v) is 4.64. The van der Waals surface area contributed by atoms with Crippen LogP contribution < -0.4 is 10.1 Å². The van der Waals surface area contributed by atoms with E-state index in [1.807, 2.05) is 18.2 Å². The fourth-order valence-electron chi connectivity index (χ4n) is 2.68. The van der Waals surface area contributed by atoms with Crippen LogP contribution in [0.25, 0.3) is 0 Å². The van der Waals surface area contributed by atoms with Gasteiger partial charge in [-0.1, -0.05) is 40.2 Å². The molecule has 28 heavy (non-hydrogen) atoms. The Morgan fingerprint density at radius 2 is 1.43 bits per heavy atom. The molecule has 3 aromatic rings. The third-order valence-electron chi connectivity index (χ3n) is 4.15. The zero-order chi connectivity index (χ0) is 19.1. The average molecular weight is 469 g/mol. The SMILES string of the molecule is Cl.Fc1ccc(CCNCc2cc(Br)ccc2OCc2ccc(F)cc2)cc1. The third kappa shape index (κ3) is 6.89. The van der Waals surface area contributed by atoms with E-state index in [1.54, 1.807) is 24.3 Å². The van der Waals surface area contributed by atoms with Crippen molar-refractivity contribution >= 4 is 28.3 Å². The second-order valence-corrected chi connectivity index (χ2v) is 7.14. The molecule has 0 atom stereocenters. The Kier molecular flexibility index (Phi) is 8.90. The summed E-state index contributed by atoms with van der Waals surface area (Å²) in [7, 11) is 0. The summed E-state index contributed by atoms with van der Waals surface area (Å²) in [6, 6.07) is 18.7. The number of benzene rings is 3. The summed E-state index contributed by atoms with van der Waals surface area (Å²) in [6.07, 6.45) is 0.819. The highest BCUT2D eigenvalue weighted by Gasteiger charge is 2.06. The van der Waals surface area contributed by atoms with Gasteiger partial charge in [-0.15, -0.1) is 12.4 Å². The molecule has 2 nitrogen and oxygen atoms in total. The van der Waals surface area contributed by atoms with Crippen molar-refractivity contribution < 1.29 is 13.5 Å². The lowest BCUT2D eigenvalue weighted by Crippen LogP contribution is -2.17. The molecule has 0 spiro atoms. The van der Waals surface area contributed by atoms with Gasteiger partial charge in [-0.25, -0.2) is 8.78 Å². The molecule has 6 heteroatoms. The van der Waals surface area contributed by atoms with E-state index in [2.05, 4.69) is 21.2 Å². The molecule has 0 aliphatic carbocycles. The Hall–Kier alpha value is -1.95. The van der Waals surface area contributed by atoms with Gasteiger partial charge in [-0.2, -0.15) is 0 Å². The van der Waals surface area contributed by atoms with Gasteiger partial charge in [0, 0.05) is 16.6 Å². The molecule has 1 N–H and O–H groups in total. The molecule has 0 aromatic heterocycles. The summed E-state index contributed by atoms with van der Waals surface area (Å²) < 4.78 is 32.8. The lowest BCUT2D eigenvalue weighted by atomic mass is 10.1. The van der Waals surface area contributed by atoms with Gasteiger partial charge in [-0.3, -0.25) is 0 Å². The minimum Gasteiger partial charge on any atom is -0.489 e. The maximum absolute atomic E-state index is 13.0. The number of rotatable bonds is 8. The molecule has 3 rings (SSSR count). The van der Waals surface area contributed by atoms with Crippen molar-refractivity contribution in [3.8, 4) is 5.75 Å². The predicted octanol–water partition coefficient (Wildman–Crippen LogP) is 6.06. The second kappa shape index (κ2) is 11.1. The summed E-state index contributed by atoms with van der Waals surface area (Å²) in [5.41, 5.74) is 3.03. The number of halogens is 4. The fourth-order valence-corrected chi connectivity index (χ4v) is 3.08. The molecule has 0 fully saturated rings. The Morgan fingerprint density at radius 3 is 2.07 bits per heavy atom. The molecule has 148 valence electrons. The zero-order valence-electron chi connectivity index (χ0n) is 15.1. The maximum Gasteiger partial charge on any atom is 0.124 e. The molecule has 0 saturated heterocycles. The number of hydrogen-bond donors (Lipinski definition) is 1. The molecule has 0 radical (unpaired) electrons. The fraction of sp³-hybridized carbons (Fsp3) is 0.182. The minimum absolute atomic E-state index is 0. The molecule has 0 heterocycles. The van der Waals surface area contributed by atoms with E-state index in [1.165, 1.54) is 24.3 Å². The topological polar surface area (TPSA) is 21.3 Å². The average Bonchev–Trinajstić information content (AvgIpc) is 2.67. The monoisotopic (exact) mass is 467 g/mol. The highest BCUT2D eigenvalue weighted by Crippen LogP contribution is 2.24. The smallest absolute Gasteiger partial charge is 0.124 e. The summed E-state index contributed by atoms with van der Waals surface area (Å²) in [6.45, 7) is 1.80. The Labute approximate surface area is 178 Å². The largest absolute Gasteiger partial charge is 0.489 e. The van der Waals surface area contributed by atoms with E-state index in [0.29, 0.717) is 13.2 Å². The quantitative estimate of drug-likeness (QED) is 0.406. The van der Waals surface area contributed by atoms with Crippen molar-refractivity contribution in [2.24, 2.45) is 0 Å². The molecule has 3 aromatic carbocycles. The van der Waals surface area contributed by atoms with Crippen LogP contribution in [0.1, 0.15) is 16.7 Å². The van der Waals surface area contributed by atoms with Crippen molar-refractivity contribution in [2.75, 3.05) is 6.54 Å². The number of nitrogens with one attached hydrogen (secondary N) is 1. The molecule has 0 aliphatic heterocycles. The van der Waals surface area contributed by atoms with E-state index in [0.717, 1.165) is 39.9 Å². The minimum atomic E-state index is -0.256. The van der Waals surface area contributed by atoms with Crippen LogP contribution >= 0.6 is 28.3 Å². The van der Waals surface area contributed by atoms with Gasteiger partial charge in [0.25, 0.3) is 0 Å². The van der Waals surface area contributed by atoms with E-state index >= 15 is 0 Å². The van der Waals surface area contributed by atoms with Crippen molar-refractivity contribution in [3.05, 3.63) is 99.5 Å². The molecular weight excluding hydrogens is 448 g/mol. The van der Waals surface area contributed by atoms with Crippen LogP contribution in [0.4, 0.5) is 8.78 Å².